The van der Waals surface area contributed by atoms with Gasteiger partial charge in [0.1, 0.15) is 0 Å². The number of hydrogen-bond donors (Lipinski definition) is 1. The largest absolute Gasteiger partial charge is 0.313 e. The van der Waals surface area contributed by atoms with Gasteiger partial charge >= 0.3 is 0 Å². The Morgan fingerprint density at radius 2 is 1.84 bits per heavy atom. The van der Waals surface area contributed by atoms with Crippen molar-refractivity contribution < 1.29 is 0 Å². The molecule has 0 aromatic carbocycles. The highest BCUT2D eigenvalue weighted by molar-refractivity contribution is 5.05. The fourth-order valence-electron chi connectivity index (χ4n) is 4.11. The number of likely N-dealkylation sites (tertiary alicyclic amines) is 1. The lowest BCUT2D eigenvalue weighted by Crippen LogP contribution is -2.43. The van der Waals surface area contributed by atoms with Crippen molar-refractivity contribution in [3.05, 3.63) is 0 Å². The van der Waals surface area contributed by atoms with Crippen LogP contribution in [0.1, 0.15) is 58.8 Å². The minimum atomic E-state index is 0.736. The van der Waals surface area contributed by atoms with Crippen LogP contribution in [0.5, 0.6) is 0 Å². The number of nitrogens with zero attached hydrogens (tertiary/aromatic N) is 1. The summed E-state index contributed by atoms with van der Waals surface area (Å²) in [5.41, 5.74) is 0.761. The fraction of sp³-hybridized carbons (Fsp3) is 1.00. The minimum absolute atomic E-state index is 0.736. The molecule has 0 aromatic heterocycles. The molecule has 2 aliphatic carbocycles. The molecule has 0 amide bonds. The maximum atomic E-state index is 3.90. The second-order valence-electron chi connectivity index (χ2n) is 7.49. The summed E-state index contributed by atoms with van der Waals surface area (Å²) < 4.78 is 0. The molecule has 1 saturated heterocycles. The van der Waals surface area contributed by atoms with Crippen LogP contribution >= 0.6 is 0 Å². The number of hydrogen-bond acceptors (Lipinski definition) is 2. The average molecular weight is 264 g/mol. The molecule has 0 spiro atoms. The maximum absolute atomic E-state index is 3.90. The topological polar surface area (TPSA) is 15.3 Å². The van der Waals surface area contributed by atoms with Crippen LogP contribution in [0.4, 0.5) is 0 Å². The Balaban J connectivity index is 1.38. The molecule has 3 aliphatic rings. The van der Waals surface area contributed by atoms with Crippen LogP contribution in [0.2, 0.25) is 0 Å². The number of rotatable bonds is 7. The molecule has 1 aliphatic heterocycles. The highest BCUT2D eigenvalue weighted by Gasteiger charge is 2.53. The van der Waals surface area contributed by atoms with Crippen molar-refractivity contribution in [1.29, 1.82) is 0 Å². The molecule has 110 valence electrons. The lowest BCUT2D eigenvalue weighted by atomic mass is 9.89. The molecule has 1 unspecified atom stereocenters. The van der Waals surface area contributed by atoms with Crippen molar-refractivity contribution in [2.45, 2.75) is 64.8 Å². The van der Waals surface area contributed by atoms with E-state index in [4.69, 9.17) is 0 Å². The van der Waals surface area contributed by atoms with Crippen molar-refractivity contribution in [1.82, 2.24) is 10.2 Å². The molecule has 0 radical (unpaired) electrons. The minimum Gasteiger partial charge on any atom is -0.313 e. The molecule has 0 bridgehead atoms. The van der Waals surface area contributed by atoms with E-state index < -0.39 is 0 Å². The summed E-state index contributed by atoms with van der Waals surface area (Å²) in [4.78, 5) is 2.65. The van der Waals surface area contributed by atoms with E-state index >= 15 is 0 Å². The Morgan fingerprint density at radius 3 is 2.37 bits per heavy atom. The van der Waals surface area contributed by atoms with Gasteiger partial charge in [0.25, 0.3) is 0 Å². The Kier molecular flexibility index (Phi) is 4.19. The molecule has 2 nitrogen and oxygen atoms in total. The van der Waals surface area contributed by atoms with Crippen LogP contribution in [0.25, 0.3) is 0 Å². The smallest absolute Gasteiger partial charge is 0.00681 e. The van der Waals surface area contributed by atoms with Gasteiger partial charge in [-0.15, -0.1) is 0 Å². The van der Waals surface area contributed by atoms with E-state index in [1.807, 2.05) is 0 Å². The second kappa shape index (κ2) is 5.73. The van der Waals surface area contributed by atoms with E-state index in [9.17, 15) is 0 Å². The van der Waals surface area contributed by atoms with Gasteiger partial charge in [-0.2, -0.15) is 0 Å². The summed E-state index contributed by atoms with van der Waals surface area (Å²) in [5, 5.41) is 3.90. The van der Waals surface area contributed by atoms with Gasteiger partial charge < -0.3 is 10.2 Å². The third-order valence-corrected chi connectivity index (χ3v) is 5.99. The monoisotopic (exact) mass is 264 g/mol. The Bertz CT molecular complexity index is 286. The summed E-state index contributed by atoms with van der Waals surface area (Å²) in [6.45, 7) is 10.0. The fourth-order valence-corrected chi connectivity index (χ4v) is 4.11. The van der Waals surface area contributed by atoms with Crippen LogP contribution in [0, 0.1) is 17.3 Å². The molecule has 1 heterocycles. The van der Waals surface area contributed by atoms with Gasteiger partial charge in [0.2, 0.25) is 0 Å². The molecule has 2 saturated carbocycles. The van der Waals surface area contributed by atoms with Crippen LogP contribution in [-0.2, 0) is 0 Å². The first kappa shape index (κ1) is 13.9. The van der Waals surface area contributed by atoms with Gasteiger partial charge in [-0.05, 0) is 88.8 Å². The lowest BCUT2D eigenvalue weighted by molar-refractivity contribution is 0.159. The van der Waals surface area contributed by atoms with Crippen LogP contribution in [0.15, 0.2) is 0 Å². The predicted molar refractivity (Wildman–Crippen MR) is 81.3 cm³/mol. The molecule has 3 fully saturated rings. The third kappa shape index (κ3) is 3.33. The van der Waals surface area contributed by atoms with E-state index in [0.29, 0.717) is 0 Å². The van der Waals surface area contributed by atoms with Gasteiger partial charge in [0, 0.05) is 12.6 Å². The summed E-state index contributed by atoms with van der Waals surface area (Å²) in [6, 6.07) is 0.736. The summed E-state index contributed by atoms with van der Waals surface area (Å²) in [5.74, 6) is 2.02. The first-order chi connectivity index (χ1) is 9.23. The lowest BCUT2D eigenvalue weighted by Gasteiger charge is -2.35. The standard InChI is InChI=1S/C17H32N2/c1-3-10-19-11-6-15(7-12-19)14(2)18-13-17(8-9-17)16-4-5-16/h14-16,18H,3-13H2,1-2H3. The maximum Gasteiger partial charge on any atom is 0.00681 e. The van der Waals surface area contributed by atoms with Crippen LogP contribution in [-0.4, -0.2) is 37.1 Å². The Labute approximate surface area is 119 Å². The summed E-state index contributed by atoms with van der Waals surface area (Å²) in [6.07, 6.45) is 10.2. The van der Waals surface area contributed by atoms with Gasteiger partial charge in [-0.3, -0.25) is 0 Å². The molecule has 1 N–H and O–H groups in total. The quantitative estimate of drug-likeness (QED) is 0.759. The van der Waals surface area contributed by atoms with Crippen molar-refractivity contribution in [3.8, 4) is 0 Å². The van der Waals surface area contributed by atoms with Crippen molar-refractivity contribution >= 4 is 0 Å². The molecule has 3 rings (SSSR count). The zero-order valence-corrected chi connectivity index (χ0v) is 13.0. The second-order valence-corrected chi connectivity index (χ2v) is 7.49. The van der Waals surface area contributed by atoms with Gasteiger partial charge in [-0.25, -0.2) is 0 Å². The SMILES string of the molecule is CCCN1CCC(C(C)NCC2(C3CC3)CC2)CC1. The predicted octanol–water partition coefficient (Wildman–Crippen LogP) is 3.28. The first-order valence-electron chi connectivity index (χ1n) is 8.69. The Hall–Kier alpha value is -0.0800. The highest BCUT2D eigenvalue weighted by atomic mass is 15.1. The van der Waals surface area contributed by atoms with E-state index in [-0.39, 0.29) is 0 Å². The summed E-state index contributed by atoms with van der Waals surface area (Å²) >= 11 is 0. The van der Waals surface area contributed by atoms with E-state index in [2.05, 4.69) is 24.1 Å². The van der Waals surface area contributed by atoms with Crippen molar-refractivity contribution in [2.75, 3.05) is 26.2 Å². The van der Waals surface area contributed by atoms with Crippen molar-refractivity contribution in [3.63, 3.8) is 0 Å². The van der Waals surface area contributed by atoms with Crippen molar-refractivity contribution in [2.24, 2.45) is 17.3 Å². The molecule has 0 aromatic rings. The first-order valence-corrected chi connectivity index (χ1v) is 8.69. The normalized spacial score (nSPS) is 29.4. The van der Waals surface area contributed by atoms with Gasteiger partial charge in [0.05, 0.1) is 0 Å². The third-order valence-electron chi connectivity index (χ3n) is 5.99. The Morgan fingerprint density at radius 1 is 1.16 bits per heavy atom. The molecule has 2 heteroatoms. The van der Waals surface area contributed by atoms with E-state index in [0.717, 1.165) is 23.3 Å². The number of nitrogens with one attached hydrogen (secondary N) is 1. The molecular weight excluding hydrogens is 232 g/mol. The summed E-state index contributed by atoms with van der Waals surface area (Å²) in [7, 11) is 0. The molecule has 1 atom stereocenters. The van der Waals surface area contributed by atoms with Crippen LogP contribution < -0.4 is 5.32 Å². The van der Waals surface area contributed by atoms with Crippen LogP contribution in [0.3, 0.4) is 0 Å². The zero-order valence-electron chi connectivity index (χ0n) is 13.0. The van der Waals surface area contributed by atoms with E-state index in [1.54, 1.807) is 0 Å². The highest BCUT2D eigenvalue weighted by Crippen LogP contribution is 2.60. The average Bonchev–Trinajstić information content (AvgIpc) is 3.29. The van der Waals surface area contributed by atoms with Gasteiger partial charge in [-0.1, -0.05) is 6.92 Å². The molecule has 19 heavy (non-hydrogen) atoms. The zero-order chi connectivity index (χ0) is 13.3. The van der Waals surface area contributed by atoms with E-state index in [1.165, 1.54) is 71.1 Å². The molecular formula is C17H32N2. The van der Waals surface area contributed by atoms with Gasteiger partial charge in [0.15, 0.2) is 0 Å². The number of piperidine rings is 1.